The van der Waals surface area contributed by atoms with E-state index >= 15 is 0 Å². The van der Waals surface area contributed by atoms with Crippen molar-refractivity contribution >= 4 is 37.5 Å². The molecule has 0 saturated carbocycles. The summed E-state index contributed by atoms with van der Waals surface area (Å²) >= 11 is 14.7. The van der Waals surface area contributed by atoms with Crippen molar-refractivity contribution in [2.45, 2.75) is 146 Å². The van der Waals surface area contributed by atoms with Gasteiger partial charge in [0.1, 0.15) is 0 Å². The van der Waals surface area contributed by atoms with Gasteiger partial charge in [0.05, 0.1) is 22.3 Å². The Kier molecular flexibility index (Phi) is 12.1. The fourth-order valence-corrected chi connectivity index (χ4v) is 6.79. The van der Waals surface area contributed by atoms with Crippen LogP contribution in [0.2, 0.25) is 0 Å². The number of nitrogens with zero attached hydrogens (tertiary/aromatic N) is 4. The molecular weight excluding hydrogens is 525 g/mol. The third kappa shape index (κ3) is 8.52. The molecular formula is C27H48N4O3S3. The maximum Gasteiger partial charge on any atom is 0.329 e. The molecule has 2 aromatic heterocycles. The number of rotatable bonds is 16. The van der Waals surface area contributed by atoms with Gasteiger partial charge in [0.15, 0.2) is 4.77 Å². The van der Waals surface area contributed by atoms with Gasteiger partial charge in [0, 0.05) is 36.6 Å². The molecule has 0 aromatic carbocycles. The first-order chi connectivity index (χ1) is 17.2. The maximum absolute atomic E-state index is 12.6. The van der Waals surface area contributed by atoms with Crippen LogP contribution in [0.4, 0.5) is 0 Å². The van der Waals surface area contributed by atoms with E-state index in [2.05, 4.69) is 50.6 Å². The largest absolute Gasteiger partial charge is 0.393 e. The second kappa shape index (κ2) is 13.9. The fourth-order valence-electron chi connectivity index (χ4n) is 5.19. The number of aliphatic hydroxyl groups excluding tert-OH is 2. The Labute approximate surface area is 238 Å². The third-order valence-electron chi connectivity index (χ3n) is 7.49. The molecule has 0 aliphatic heterocycles. The van der Waals surface area contributed by atoms with Gasteiger partial charge < -0.3 is 19.3 Å². The molecule has 2 unspecified atom stereocenters. The Bertz CT molecular complexity index is 1030. The number of hydrogen-bond donors (Lipinski definition) is 4. The van der Waals surface area contributed by atoms with Gasteiger partial charge in [-0.3, -0.25) is 9.13 Å². The molecule has 37 heavy (non-hydrogen) atoms. The number of thiol groups is 2. The van der Waals surface area contributed by atoms with Gasteiger partial charge in [0.2, 0.25) is 0 Å². The number of aromatic nitrogens is 4. The van der Waals surface area contributed by atoms with Crippen LogP contribution < -0.4 is 5.69 Å². The van der Waals surface area contributed by atoms with Crippen LogP contribution in [0.3, 0.4) is 0 Å². The van der Waals surface area contributed by atoms with Gasteiger partial charge >= 0.3 is 5.69 Å². The van der Waals surface area contributed by atoms with Crippen LogP contribution in [-0.4, -0.2) is 40.7 Å². The normalized spacial score (nSPS) is 14.3. The Morgan fingerprint density at radius 3 is 1.62 bits per heavy atom. The summed E-state index contributed by atoms with van der Waals surface area (Å²) in [5, 5.41) is 22.5. The van der Waals surface area contributed by atoms with E-state index in [0.29, 0.717) is 30.8 Å². The smallest absolute Gasteiger partial charge is 0.329 e. The fraction of sp³-hybridized carbons (Fsp3) is 0.778. The zero-order valence-electron chi connectivity index (χ0n) is 23.5. The average Bonchev–Trinajstić information content (AvgIpc) is 3.27. The number of aliphatic hydroxyl groups is 2. The average molecular weight is 573 g/mol. The third-order valence-corrected chi connectivity index (χ3v) is 8.54. The molecule has 7 nitrogen and oxygen atoms in total. The Hall–Kier alpha value is -0.940. The van der Waals surface area contributed by atoms with E-state index in [1.807, 2.05) is 31.5 Å². The van der Waals surface area contributed by atoms with Crippen molar-refractivity contribution in [3.05, 3.63) is 27.6 Å². The van der Waals surface area contributed by atoms with E-state index in [1.165, 1.54) is 0 Å². The van der Waals surface area contributed by atoms with Gasteiger partial charge in [-0.15, -0.1) is 25.3 Å². The van der Waals surface area contributed by atoms with Gasteiger partial charge in [-0.25, -0.2) is 4.79 Å². The highest BCUT2D eigenvalue weighted by Crippen LogP contribution is 2.29. The van der Waals surface area contributed by atoms with Crippen molar-refractivity contribution in [1.82, 2.24) is 18.3 Å². The lowest BCUT2D eigenvalue weighted by molar-refractivity contribution is 0.116. The number of hydrogen-bond acceptors (Lipinski definition) is 6. The molecule has 0 saturated heterocycles. The summed E-state index contributed by atoms with van der Waals surface area (Å²) in [5.74, 6) is 0. The summed E-state index contributed by atoms with van der Waals surface area (Å²) in [5.41, 5.74) is -0.574. The van der Waals surface area contributed by atoms with E-state index in [1.54, 1.807) is 15.3 Å². The summed E-state index contributed by atoms with van der Waals surface area (Å²) < 4.78 is 8.33. The summed E-state index contributed by atoms with van der Waals surface area (Å²) in [7, 11) is 0. The second-order valence-corrected chi connectivity index (χ2v) is 12.7. The van der Waals surface area contributed by atoms with Gasteiger partial charge in [0.25, 0.3) is 0 Å². The van der Waals surface area contributed by atoms with Gasteiger partial charge in [-0.05, 0) is 112 Å². The Balaban J connectivity index is 1.71. The number of aryl methyl sites for hydroxylation is 2. The molecule has 0 bridgehead atoms. The molecule has 0 spiro atoms. The zero-order chi connectivity index (χ0) is 28.0. The lowest BCUT2D eigenvalue weighted by atomic mass is 9.93. The highest BCUT2D eigenvalue weighted by atomic mass is 32.1. The Morgan fingerprint density at radius 1 is 0.784 bits per heavy atom. The van der Waals surface area contributed by atoms with Crippen molar-refractivity contribution in [2.75, 3.05) is 0 Å². The van der Waals surface area contributed by atoms with E-state index in [-0.39, 0.29) is 22.9 Å². The predicted molar refractivity (Wildman–Crippen MR) is 160 cm³/mol. The lowest BCUT2D eigenvalue weighted by Crippen LogP contribution is -2.37. The van der Waals surface area contributed by atoms with Crippen LogP contribution in [0.1, 0.15) is 99.3 Å². The second-order valence-electron chi connectivity index (χ2n) is 11.4. The van der Waals surface area contributed by atoms with Crippen molar-refractivity contribution < 1.29 is 10.2 Å². The minimum absolute atomic E-state index is 0.0379. The molecule has 212 valence electrons. The van der Waals surface area contributed by atoms with Gasteiger partial charge in [-0.2, -0.15) is 0 Å². The van der Waals surface area contributed by atoms with E-state index in [9.17, 15) is 15.0 Å². The molecule has 0 aliphatic carbocycles. The topological polar surface area (TPSA) is 77.2 Å². The van der Waals surface area contributed by atoms with Crippen molar-refractivity contribution in [2.24, 2.45) is 0 Å². The first-order valence-corrected chi connectivity index (χ1v) is 14.9. The molecule has 2 rings (SSSR count). The molecule has 2 aromatic rings. The monoisotopic (exact) mass is 572 g/mol. The molecule has 10 heteroatoms. The summed E-state index contributed by atoms with van der Waals surface area (Å²) in [4.78, 5) is 12.6. The minimum atomic E-state index is -0.396. The van der Waals surface area contributed by atoms with Crippen LogP contribution in [0.25, 0.3) is 0 Å². The zero-order valence-corrected chi connectivity index (χ0v) is 26.1. The molecule has 2 heterocycles. The van der Waals surface area contributed by atoms with E-state index in [4.69, 9.17) is 12.2 Å². The minimum Gasteiger partial charge on any atom is -0.393 e. The standard InChI is InChI=1S/C27H48N4O3S3/c1-7-28-18-22(35)30(24(28)34)26(3,4)16-10-14-20(32)12-9-13-21(33)15-11-17-27(5,6)31-23(36)19-29(8-2)25(31)37/h18-21,32-33,35-36H,7-17H2,1-6H3. The highest BCUT2D eigenvalue weighted by Gasteiger charge is 2.26. The van der Waals surface area contributed by atoms with Crippen molar-refractivity contribution in [3.8, 4) is 0 Å². The van der Waals surface area contributed by atoms with Crippen LogP contribution in [0.5, 0.6) is 0 Å². The molecule has 2 N–H and O–H groups in total. The predicted octanol–water partition coefficient (Wildman–Crippen LogP) is 6.00. The quantitative estimate of drug-likeness (QED) is 0.147. The number of imidazole rings is 2. The van der Waals surface area contributed by atoms with Crippen LogP contribution >= 0.6 is 37.5 Å². The maximum atomic E-state index is 12.6. The Morgan fingerprint density at radius 2 is 1.19 bits per heavy atom. The van der Waals surface area contributed by atoms with E-state index in [0.717, 1.165) is 54.9 Å². The highest BCUT2D eigenvalue weighted by molar-refractivity contribution is 7.80. The first-order valence-electron chi connectivity index (χ1n) is 13.6. The lowest BCUT2D eigenvalue weighted by Gasteiger charge is -2.28. The van der Waals surface area contributed by atoms with Crippen LogP contribution in [0, 0.1) is 4.77 Å². The van der Waals surface area contributed by atoms with Crippen LogP contribution in [-0.2, 0) is 24.2 Å². The van der Waals surface area contributed by atoms with Crippen molar-refractivity contribution in [1.29, 1.82) is 0 Å². The summed E-state index contributed by atoms with van der Waals surface area (Å²) in [6.07, 6.45) is 9.96. The van der Waals surface area contributed by atoms with Gasteiger partial charge in [-0.1, -0.05) is 0 Å². The van der Waals surface area contributed by atoms with E-state index < -0.39 is 6.10 Å². The molecule has 2 atom stereocenters. The van der Waals surface area contributed by atoms with Crippen molar-refractivity contribution in [3.63, 3.8) is 0 Å². The molecule has 0 amide bonds. The summed E-state index contributed by atoms with van der Waals surface area (Å²) in [6, 6.07) is 0. The molecule has 0 fully saturated rings. The SMILES string of the molecule is CCn1cc(S)n(C(C)(C)CCCC(O)CCCC(O)CCCC(C)(C)n2c(S)cn(CC)c2=S)c1=O. The molecule has 0 radical (unpaired) electrons. The molecule has 0 aliphatic rings. The van der Waals surface area contributed by atoms with Crippen LogP contribution in [0.15, 0.2) is 27.2 Å². The summed E-state index contributed by atoms with van der Waals surface area (Å²) in [6.45, 7) is 13.9. The first kappa shape index (κ1) is 32.3.